The number of nitrogens with zero attached hydrogens (tertiary/aromatic N) is 3. The Morgan fingerprint density at radius 3 is 2.27 bits per heavy atom. The molecule has 0 amide bonds. The van der Waals surface area contributed by atoms with Crippen molar-refractivity contribution < 1.29 is 4.39 Å². The molecule has 4 nitrogen and oxygen atoms in total. The van der Waals surface area contributed by atoms with Gasteiger partial charge in [-0.2, -0.15) is 0 Å². The molecular weight excluding hydrogens is 327 g/mol. The molecular formula is C21H15FN4. The maximum atomic E-state index is 14.3. The summed E-state index contributed by atoms with van der Waals surface area (Å²) < 4.78 is 14.3. The second-order valence-corrected chi connectivity index (χ2v) is 5.67. The monoisotopic (exact) mass is 342 g/mol. The molecule has 0 saturated heterocycles. The zero-order valence-electron chi connectivity index (χ0n) is 13.8. The summed E-state index contributed by atoms with van der Waals surface area (Å²) in [5.41, 5.74) is 2.67. The van der Waals surface area contributed by atoms with E-state index in [9.17, 15) is 4.39 Å². The van der Waals surface area contributed by atoms with E-state index in [1.54, 1.807) is 36.7 Å². The molecule has 4 aromatic rings. The van der Waals surface area contributed by atoms with Crippen LogP contribution in [0.15, 0.2) is 85.2 Å². The van der Waals surface area contributed by atoms with Gasteiger partial charge in [0, 0.05) is 35.3 Å². The van der Waals surface area contributed by atoms with Gasteiger partial charge in [-0.05, 0) is 24.3 Å². The van der Waals surface area contributed by atoms with Crippen LogP contribution in [0.1, 0.15) is 0 Å². The molecule has 0 aliphatic rings. The first-order chi connectivity index (χ1) is 12.8. The molecule has 2 aromatic heterocycles. The van der Waals surface area contributed by atoms with E-state index in [0.717, 1.165) is 11.3 Å². The summed E-state index contributed by atoms with van der Waals surface area (Å²) in [4.78, 5) is 13.2. The van der Waals surface area contributed by atoms with Gasteiger partial charge in [0.2, 0.25) is 0 Å². The summed E-state index contributed by atoms with van der Waals surface area (Å²) >= 11 is 0. The number of halogens is 1. The van der Waals surface area contributed by atoms with Crippen molar-refractivity contribution in [3.05, 3.63) is 91.0 Å². The molecule has 26 heavy (non-hydrogen) atoms. The molecule has 0 spiro atoms. The highest BCUT2D eigenvalue weighted by Crippen LogP contribution is 2.27. The Balaban J connectivity index is 1.83. The maximum Gasteiger partial charge on any atom is 0.162 e. The van der Waals surface area contributed by atoms with Crippen LogP contribution in [0, 0.1) is 5.82 Å². The Hall–Kier alpha value is -3.60. The van der Waals surface area contributed by atoms with Crippen LogP contribution in [0.25, 0.3) is 22.6 Å². The Morgan fingerprint density at radius 1 is 0.769 bits per heavy atom. The number of anilines is 2. The van der Waals surface area contributed by atoms with Crippen molar-refractivity contribution in [1.82, 2.24) is 15.0 Å². The van der Waals surface area contributed by atoms with Gasteiger partial charge in [0.25, 0.3) is 0 Å². The van der Waals surface area contributed by atoms with E-state index in [0.29, 0.717) is 22.9 Å². The fourth-order valence-corrected chi connectivity index (χ4v) is 2.62. The van der Waals surface area contributed by atoms with Gasteiger partial charge in [-0.1, -0.05) is 42.5 Å². The lowest BCUT2D eigenvalue weighted by atomic mass is 10.1. The number of hydrogen-bond donors (Lipinski definition) is 1. The molecule has 1 N–H and O–H groups in total. The van der Waals surface area contributed by atoms with Crippen LogP contribution in [0.4, 0.5) is 15.9 Å². The first-order valence-corrected chi connectivity index (χ1v) is 8.16. The van der Waals surface area contributed by atoms with Gasteiger partial charge in [-0.25, -0.2) is 14.4 Å². The van der Waals surface area contributed by atoms with Crippen LogP contribution in [0.3, 0.4) is 0 Å². The van der Waals surface area contributed by atoms with E-state index in [-0.39, 0.29) is 5.82 Å². The van der Waals surface area contributed by atoms with Crippen LogP contribution in [0.2, 0.25) is 0 Å². The quantitative estimate of drug-likeness (QED) is 0.561. The van der Waals surface area contributed by atoms with Gasteiger partial charge in [-0.3, -0.25) is 4.98 Å². The summed E-state index contributed by atoms with van der Waals surface area (Å²) in [5, 5.41) is 3.23. The molecule has 0 aliphatic carbocycles. The minimum Gasteiger partial charge on any atom is -0.340 e. The summed E-state index contributed by atoms with van der Waals surface area (Å²) in [6.45, 7) is 0. The molecule has 0 bridgehead atoms. The Bertz CT molecular complexity index is 1020. The lowest BCUT2D eigenvalue weighted by Gasteiger charge is -2.11. The molecule has 2 aromatic carbocycles. The zero-order valence-corrected chi connectivity index (χ0v) is 13.8. The van der Waals surface area contributed by atoms with E-state index in [1.807, 2.05) is 42.5 Å². The fraction of sp³-hybridized carbons (Fsp3) is 0. The standard InChI is InChI=1S/C21H15FN4/c22-18-9-5-4-8-17(18)19-14-20(24-16-10-12-23-13-11-16)26-21(25-19)15-6-2-1-3-7-15/h1-14H,(H,23,24,25,26). The Kier molecular flexibility index (Phi) is 4.35. The molecule has 5 heteroatoms. The smallest absolute Gasteiger partial charge is 0.162 e. The maximum absolute atomic E-state index is 14.3. The molecule has 2 heterocycles. The van der Waals surface area contributed by atoms with Crippen molar-refractivity contribution >= 4 is 11.5 Å². The molecule has 0 fully saturated rings. The first-order valence-electron chi connectivity index (χ1n) is 8.16. The third-order valence-electron chi connectivity index (χ3n) is 3.86. The van der Waals surface area contributed by atoms with Gasteiger partial charge in [-0.15, -0.1) is 0 Å². The summed E-state index contributed by atoms with van der Waals surface area (Å²) in [7, 11) is 0. The van der Waals surface area contributed by atoms with E-state index in [1.165, 1.54) is 6.07 Å². The van der Waals surface area contributed by atoms with E-state index < -0.39 is 0 Å². The predicted octanol–water partition coefficient (Wildman–Crippen LogP) is 5.09. The lowest BCUT2D eigenvalue weighted by molar-refractivity contribution is 0.630. The molecule has 0 radical (unpaired) electrons. The summed E-state index contributed by atoms with van der Waals surface area (Å²) in [6, 6.07) is 21.6. The second-order valence-electron chi connectivity index (χ2n) is 5.67. The molecule has 0 atom stereocenters. The topological polar surface area (TPSA) is 50.7 Å². The highest BCUT2D eigenvalue weighted by Gasteiger charge is 2.11. The van der Waals surface area contributed by atoms with Crippen LogP contribution in [-0.4, -0.2) is 15.0 Å². The van der Waals surface area contributed by atoms with Crippen molar-refractivity contribution in [2.75, 3.05) is 5.32 Å². The zero-order chi connectivity index (χ0) is 17.8. The third kappa shape index (κ3) is 3.42. The van der Waals surface area contributed by atoms with E-state index >= 15 is 0 Å². The van der Waals surface area contributed by atoms with E-state index in [2.05, 4.69) is 20.3 Å². The fourth-order valence-electron chi connectivity index (χ4n) is 2.62. The normalized spacial score (nSPS) is 10.5. The first kappa shape index (κ1) is 15.9. The van der Waals surface area contributed by atoms with Crippen molar-refractivity contribution in [2.24, 2.45) is 0 Å². The van der Waals surface area contributed by atoms with Gasteiger partial charge >= 0.3 is 0 Å². The number of benzene rings is 2. The lowest BCUT2D eigenvalue weighted by Crippen LogP contribution is -2.00. The molecule has 126 valence electrons. The van der Waals surface area contributed by atoms with Crippen LogP contribution >= 0.6 is 0 Å². The average Bonchev–Trinajstić information content (AvgIpc) is 2.69. The van der Waals surface area contributed by atoms with Gasteiger partial charge < -0.3 is 5.32 Å². The molecule has 0 unspecified atom stereocenters. The van der Waals surface area contributed by atoms with Crippen LogP contribution in [0.5, 0.6) is 0 Å². The Morgan fingerprint density at radius 2 is 1.50 bits per heavy atom. The van der Waals surface area contributed by atoms with Crippen LogP contribution < -0.4 is 5.32 Å². The van der Waals surface area contributed by atoms with Gasteiger partial charge in [0.15, 0.2) is 5.82 Å². The molecule has 4 rings (SSSR count). The van der Waals surface area contributed by atoms with Crippen molar-refractivity contribution in [2.45, 2.75) is 0 Å². The van der Waals surface area contributed by atoms with E-state index in [4.69, 9.17) is 0 Å². The number of hydrogen-bond acceptors (Lipinski definition) is 4. The third-order valence-corrected chi connectivity index (χ3v) is 3.86. The van der Waals surface area contributed by atoms with Gasteiger partial charge in [0.05, 0.1) is 5.69 Å². The van der Waals surface area contributed by atoms with Gasteiger partial charge in [0.1, 0.15) is 11.6 Å². The van der Waals surface area contributed by atoms with Crippen molar-refractivity contribution in [3.63, 3.8) is 0 Å². The Labute approximate surface area is 150 Å². The largest absolute Gasteiger partial charge is 0.340 e. The summed E-state index contributed by atoms with van der Waals surface area (Å²) in [6.07, 6.45) is 3.39. The minimum absolute atomic E-state index is 0.319. The number of nitrogens with one attached hydrogen (secondary N) is 1. The van der Waals surface area contributed by atoms with Crippen molar-refractivity contribution in [3.8, 4) is 22.6 Å². The highest BCUT2D eigenvalue weighted by atomic mass is 19.1. The SMILES string of the molecule is Fc1ccccc1-c1cc(Nc2ccncc2)nc(-c2ccccc2)n1. The summed E-state index contributed by atoms with van der Waals surface area (Å²) in [5.74, 6) is 0.797. The van der Waals surface area contributed by atoms with Crippen molar-refractivity contribution in [1.29, 1.82) is 0 Å². The molecule has 0 saturated carbocycles. The second kappa shape index (κ2) is 7.11. The number of aromatic nitrogens is 3. The minimum atomic E-state index is -0.319. The average molecular weight is 342 g/mol. The number of rotatable bonds is 4. The highest BCUT2D eigenvalue weighted by molar-refractivity contribution is 5.70. The van der Waals surface area contributed by atoms with Crippen LogP contribution in [-0.2, 0) is 0 Å². The molecule has 0 aliphatic heterocycles. The number of pyridine rings is 1. The predicted molar refractivity (Wildman–Crippen MR) is 100 cm³/mol.